The van der Waals surface area contributed by atoms with Gasteiger partial charge in [-0.25, -0.2) is 4.68 Å². The molecule has 7 nitrogen and oxygen atoms in total. The molecule has 2 N–H and O–H groups in total. The molecule has 23 heavy (non-hydrogen) atoms. The van der Waals surface area contributed by atoms with E-state index in [0.717, 1.165) is 23.9 Å². The molecule has 0 aromatic carbocycles. The lowest BCUT2D eigenvalue weighted by Gasteiger charge is -2.33. The quantitative estimate of drug-likeness (QED) is 0.866. The van der Waals surface area contributed by atoms with Crippen molar-refractivity contribution < 1.29 is 14.7 Å². The minimum Gasteiger partial charge on any atom is -0.481 e. The summed E-state index contributed by atoms with van der Waals surface area (Å²) in [4.78, 5) is 36.3. The lowest BCUT2D eigenvalue weighted by molar-refractivity contribution is -0.150. The number of nitrogens with zero attached hydrogens (tertiary/aromatic N) is 2. The molecule has 0 unspecified atom stereocenters. The molecule has 7 heteroatoms. The van der Waals surface area contributed by atoms with Gasteiger partial charge in [-0.3, -0.25) is 14.4 Å². The number of hydrogen-bond donors (Lipinski definition) is 2. The van der Waals surface area contributed by atoms with E-state index in [1.807, 2.05) is 0 Å². The fourth-order valence-electron chi connectivity index (χ4n) is 3.15. The maximum atomic E-state index is 12.5. The van der Waals surface area contributed by atoms with E-state index in [9.17, 15) is 19.5 Å². The van der Waals surface area contributed by atoms with E-state index in [0.29, 0.717) is 24.1 Å². The average Bonchev–Trinajstić information content (AvgIpc) is 2.52. The third-order valence-electron chi connectivity index (χ3n) is 4.80. The van der Waals surface area contributed by atoms with Crippen LogP contribution in [-0.2, 0) is 11.8 Å². The largest absolute Gasteiger partial charge is 0.481 e. The van der Waals surface area contributed by atoms with Gasteiger partial charge in [-0.15, -0.1) is 0 Å². The van der Waals surface area contributed by atoms with Gasteiger partial charge < -0.3 is 10.4 Å². The third-order valence-corrected chi connectivity index (χ3v) is 4.80. The Morgan fingerprint density at radius 2 is 1.87 bits per heavy atom. The van der Waals surface area contributed by atoms with E-state index in [1.165, 1.54) is 7.05 Å². The second-order valence-electron chi connectivity index (χ2n) is 6.34. The van der Waals surface area contributed by atoms with Crippen molar-refractivity contribution in [3.05, 3.63) is 27.2 Å². The molecule has 1 aliphatic carbocycles. The van der Waals surface area contributed by atoms with Crippen LogP contribution in [0.1, 0.15) is 53.7 Å². The summed E-state index contributed by atoms with van der Waals surface area (Å²) < 4.78 is 1.13. The van der Waals surface area contributed by atoms with Crippen molar-refractivity contribution >= 4 is 11.9 Å². The number of aliphatic carboxylic acids is 1. The van der Waals surface area contributed by atoms with E-state index >= 15 is 0 Å². The smallest absolute Gasteiger partial charge is 0.311 e. The second kappa shape index (κ2) is 6.52. The zero-order valence-electron chi connectivity index (χ0n) is 13.8. The van der Waals surface area contributed by atoms with E-state index in [-0.39, 0.29) is 12.1 Å². The molecule has 1 fully saturated rings. The van der Waals surface area contributed by atoms with Crippen molar-refractivity contribution in [3.63, 3.8) is 0 Å². The molecule has 1 heterocycles. The van der Waals surface area contributed by atoms with Gasteiger partial charge in [0.25, 0.3) is 11.5 Å². The van der Waals surface area contributed by atoms with E-state index < -0.39 is 22.9 Å². The summed E-state index contributed by atoms with van der Waals surface area (Å²) in [5.41, 5.74) is -0.230. The number of carbonyl (C=O) groups excluding carboxylic acids is 1. The van der Waals surface area contributed by atoms with Crippen LogP contribution in [0.3, 0.4) is 0 Å². The molecule has 1 saturated carbocycles. The summed E-state index contributed by atoms with van der Waals surface area (Å²) in [5, 5.41) is 16.2. The van der Waals surface area contributed by atoms with E-state index in [1.54, 1.807) is 13.8 Å². The van der Waals surface area contributed by atoms with Gasteiger partial charge in [0.2, 0.25) is 0 Å². The lowest BCUT2D eigenvalue weighted by Crippen LogP contribution is -2.45. The predicted molar refractivity (Wildman–Crippen MR) is 84.4 cm³/mol. The Labute approximate surface area is 134 Å². The molecule has 0 bridgehead atoms. The molecule has 2 rings (SSSR count). The molecule has 1 aliphatic rings. The average molecular weight is 321 g/mol. The van der Waals surface area contributed by atoms with Crippen LogP contribution in [0, 0.1) is 19.3 Å². The van der Waals surface area contributed by atoms with Gasteiger partial charge in [0.05, 0.1) is 11.1 Å². The summed E-state index contributed by atoms with van der Waals surface area (Å²) in [5.74, 6) is -1.41. The van der Waals surface area contributed by atoms with Crippen molar-refractivity contribution in [1.82, 2.24) is 15.1 Å². The van der Waals surface area contributed by atoms with Gasteiger partial charge in [-0.1, -0.05) is 19.3 Å². The highest BCUT2D eigenvalue weighted by molar-refractivity contribution is 5.95. The highest BCUT2D eigenvalue weighted by atomic mass is 16.4. The number of nitrogens with one attached hydrogen (secondary N) is 1. The zero-order chi connectivity index (χ0) is 17.2. The fourth-order valence-corrected chi connectivity index (χ4v) is 3.15. The monoisotopic (exact) mass is 321 g/mol. The Kier molecular flexibility index (Phi) is 4.87. The van der Waals surface area contributed by atoms with E-state index in [4.69, 9.17) is 0 Å². The number of aryl methyl sites for hydroxylation is 2. The second-order valence-corrected chi connectivity index (χ2v) is 6.34. The third kappa shape index (κ3) is 3.28. The number of carboxylic acids is 1. The van der Waals surface area contributed by atoms with Gasteiger partial charge in [0, 0.05) is 13.6 Å². The minimum absolute atomic E-state index is 0.0383. The Morgan fingerprint density at radius 1 is 1.26 bits per heavy atom. The number of carbonyl (C=O) groups is 2. The van der Waals surface area contributed by atoms with Crippen LogP contribution in [0.2, 0.25) is 0 Å². The van der Waals surface area contributed by atoms with Crippen LogP contribution >= 0.6 is 0 Å². The molecule has 126 valence electrons. The lowest BCUT2D eigenvalue weighted by atomic mass is 9.74. The number of aromatic nitrogens is 2. The number of amides is 1. The first-order chi connectivity index (χ1) is 10.8. The Hall–Kier alpha value is -2.18. The van der Waals surface area contributed by atoms with Gasteiger partial charge in [-0.05, 0) is 32.3 Å². The van der Waals surface area contributed by atoms with Crippen LogP contribution in [0.5, 0.6) is 0 Å². The summed E-state index contributed by atoms with van der Waals surface area (Å²) >= 11 is 0. The molecule has 0 atom stereocenters. The van der Waals surface area contributed by atoms with Crippen molar-refractivity contribution in [3.8, 4) is 0 Å². The maximum absolute atomic E-state index is 12.5. The van der Waals surface area contributed by atoms with Crippen LogP contribution in [0.4, 0.5) is 0 Å². The minimum atomic E-state index is -0.922. The molecule has 1 amide bonds. The molecular weight excluding hydrogens is 298 g/mol. The zero-order valence-corrected chi connectivity index (χ0v) is 13.8. The van der Waals surface area contributed by atoms with Crippen molar-refractivity contribution in [2.45, 2.75) is 46.0 Å². The van der Waals surface area contributed by atoms with Gasteiger partial charge in [-0.2, -0.15) is 5.10 Å². The Balaban J connectivity index is 2.23. The molecule has 0 radical (unpaired) electrons. The first kappa shape index (κ1) is 17.2. The summed E-state index contributed by atoms with van der Waals surface area (Å²) in [6, 6.07) is 0. The Morgan fingerprint density at radius 3 is 2.43 bits per heavy atom. The van der Waals surface area contributed by atoms with Crippen LogP contribution in [0.25, 0.3) is 0 Å². The Bertz CT molecular complexity index is 687. The standard InChI is InChI=1S/C16H23N3O4/c1-10-11(2)18-19(3)14(21)12(10)13(20)17-9-16(15(22)23)7-5-4-6-8-16/h4-9H2,1-3H3,(H,17,20)(H,22,23). The summed E-state index contributed by atoms with van der Waals surface area (Å²) in [6.45, 7) is 3.45. The predicted octanol–water partition coefficient (Wildman–Crippen LogP) is 1.16. The van der Waals surface area contributed by atoms with Gasteiger partial charge >= 0.3 is 5.97 Å². The number of carboxylic acid groups (broad SMARTS) is 1. The van der Waals surface area contributed by atoms with Crippen LogP contribution < -0.4 is 10.9 Å². The molecule has 0 saturated heterocycles. The molecule has 1 aromatic rings. The number of rotatable bonds is 4. The first-order valence-electron chi connectivity index (χ1n) is 7.84. The normalized spacial score (nSPS) is 16.8. The van der Waals surface area contributed by atoms with Crippen molar-refractivity contribution in [2.24, 2.45) is 12.5 Å². The van der Waals surface area contributed by atoms with E-state index in [2.05, 4.69) is 10.4 Å². The molecule has 0 spiro atoms. The first-order valence-corrected chi connectivity index (χ1v) is 7.84. The highest BCUT2D eigenvalue weighted by Crippen LogP contribution is 2.36. The van der Waals surface area contributed by atoms with Crippen molar-refractivity contribution in [2.75, 3.05) is 6.54 Å². The van der Waals surface area contributed by atoms with Crippen LogP contribution in [0.15, 0.2) is 4.79 Å². The summed E-state index contributed by atoms with van der Waals surface area (Å²) in [7, 11) is 1.49. The molecular formula is C16H23N3O4. The maximum Gasteiger partial charge on any atom is 0.311 e. The SMILES string of the molecule is Cc1nn(C)c(=O)c(C(=O)NCC2(C(=O)O)CCCCC2)c1C. The molecule has 1 aromatic heterocycles. The summed E-state index contributed by atoms with van der Waals surface area (Å²) in [6.07, 6.45) is 3.81. The van der Waals surface area contributed by atoms with Gasteiger partial charge in [0.15, 0.2) is 0 Å². The molecule has 0 aliphatic heterocycles. The van der Waals surface area contributed by atoms with Crippen LogP contribution in [-0.4, -0.2) is 33.3 Å². The topological polar surface area (TPSA) is 101 Å². The van der Waals surface area contributed by atoms with Gasteiger partial charge in [0.1, 0.15) is 5.56 Å². The fraction of sp³-hybridized carbons (Fsp3) is 0.625. The number of hydrogen-bond acceptors (Lipinski definition) is 4. The van der Waals surface area contributed by atoms with Crippen molar-refractivity contribution in [1.29, 1.82) is 0 Å². The highest BCUT2D eigenvalue weighted by Gasteiger charge is 2.40.